The summed E-state index contributed by atoms with van der Waals surface area (Å²) in [7, 11) is 3.31. The number of aryl methyl sites for hydroxylation is 1. The largest absolute Gasteiger partial charge is 0.205 e. The zero-order valence-electron chi connectivity index (χ0n) is 5.90. The molecule has 0 N–H and O–H groups in total. The van der Waals surface area contributed by atoms with Gasteiger partial charge in [-0.25, -0.2) is 4.39 Å². The van der Waals surface area contributed by atoms with Gasteiger partial charge in [-0.3, -0.25) is 0 Å². The van der Waals surface area contributed by atoms with E-state index in [0.29, 0.717) is 0 Å². The number of halogens is 2. The SMILES string of the molecule is Fc1cccc(CC[Si])c1Cl. The smallest absolute Gasteiger partial charge is 0.142 e. The quantitative estimate of drug-likeness (QED) is 0.622. The van der Waals surface area contributed by atoms with Crippen molar-refractivity contribution in [3.8, 4) is 0 Å². The zero-order valence-corrected chi connectivity index (χ0v) is 7.66. The normalized spacial score (nSPS) is 10.1. The van der Waals surface area contributed by atoms with Gasteiger partial charge in [0.1, 0.15) is 5.82 Å². The van der Waals surface area contributed by atoms with Crippen LogP contribution < -0.4 is 0 Å². The van der Waals surface area contributed by atoms with Crippen molar-refractivity contribution < 1.29 is 4.39 Å². The maximum Gasteiger partial charge on any atom is 0.142 e. The molecule has 0 heterocycles. The lowest BCUT2D eigenvalue weighted by Gasteiger charge is -2.01. The first-order chi connectivity index (χ1) is 5.25. The van der Waals surface area contributed by atoms with E-state index in [2.05, 4.69) is 10.2 Å². The van der Waals surface area contributed by atoms with Gasteiger partial charge in [-0.05, 0) is 18.1 Å². The summed E-state index contributed by atoms with van der Waals surface area (Å²) in [5, 5.41) is 0.241. The Labute approximate surface area is 73.8 Å². The van der Waals surface area contributed by atoms with Crippen LogP contribution in [0, 0.1) is 5.82 Å². The molecule has 0 saturated carbocycles. The predicted molar refractivity (Wildman–Crippen MR) is 45.7 cm³/mol. The van der Waals surface area contributed by atoms with Gasteiger partial charge >= 0.3 is 0 Å². The summed E-state index contributed by atoms with van der Waals surface area (Å²) in [4.78, 5) is 0. The molecule has 0 aromatic heterocycles. The third kappa shape index (κ3) is 2.04. The molecule has 1 rings (SSSR count). The molecule has 1 aromatic carbocycles. The van der Waals surface area contributed by atoms with Crippen LogP contribution in [-0.2, 0) is 6.42 Å². The Hall–Kier alpha value is -0.343. The summed E-state index contributed by atoms with van der Waals surface area (Å²) in [5.41, 5.74) is 0.849. The first-order valence-corrected chi connectivity index (χ1v) is 4.41. The molecule has 0 unspecified atom stereocenters. The Bertz CT molecular complexity index is 250. The molecule has 0 aliphatic heterocycles. The molecule has 0 amide bonds. The van der Waals surface area contributed by atoms with E-state index in [1.807, 2.05) is 6.07 Å². The zero-order chi connectivity index (χ0) is 8.27. The number of hydrogen-bond acceptors (Lipinski definition) is 0. The molecule has 3 heteroatoms. The molecule has 0 aliphatic carbocycles. The Morgan fingerprint density at radius 2 is 2.18 bits per heavy atom. The van der Waals surface area contributed by atoms with Crippen LogP contribution in [-0.4, -0.2) is 10.2 Å². The van der Waals surface area contributed by atoms with Crippen molar-refractivity contribution in [2.75, 3.05) is 0 Å². The van der Waals surface area contributed by atoms with Gasteiger partial charge in [0, 0.05) is 10.2 Å². The Morgan fingerprint density at radius 3 is 2.82 bits per heavy atom. The molecule has 57 valence electrons. The molecule has 11 heavy (non-hydrogen) atoms. The van der Waals surface area contributed by atoms with Crippen molar-refractivity contribution in [1.29, 1.82) is 0 Å². The Balaban J connectivity index is 2.96. The highest BCUT2D eigenvalue weighted by Gasteiger charge is 2.02. The van der Waals surface area contributed by atoms with Crippen molar-refractivity contribution in [1.82, 2.24) is 0 Å². The van der Waals surface area contributed by atoms with Gasteiger partial charge in [-0.2, -0.15) is 0 Å². The minimum absolute atomic E-state index is 0.241. The van der Waals surface area contributed by atoms with Gasteiger partial charge in [-0.1, -0.05) is 29.8 Å². The van der Waals surface area contributed by atoms with Gasteiger partial charge in [-0.15, -0.1) is 0 Å². The van der Waals surface area contributed by atoms with Crippen LogP contribution in [0.1, 0.15) is 5.56 Å². The average Bonchev–Trinajstić information content (AvgIpc) is 1.99. The molecular weight excluding hydrogens is 179 g/mol. The fourth-order valence-corrected chi connectivity index (χ4v) is 1.37. The van der Waals surface area contributed by atoms with E-state index in [9.17, 15) is 4.39 Å². The number of hydrogen-bond donors (Lipinski definition) is 0. The van der Waals surface area contributed by atoms with Crippen LogP contribution in [0.3, 0.4) is 0 Å². The highest BCUT2D eigenvalue weighted by molar-refractivity contribution is 6.31. The summed E-state index contributed by atoms with van der Waals surface area (Å²) in [6.07, 6.45) is 0.757. The fourth-order valence-electron chi connectivity index (χ4n) is 0.876. The molecule has 1 aromatic rings. The molecule has 3 radical (unpaired) electrons. The lowest BCUT2D eigenvalue weighted by atomic mass is 10.2. The molecule has 0 atom stereocenters. The van der Waals surface area contributed by atoms with E-state index in [1.54, 1.807) is 6.07 Å². The van der Waals surface area contributed by atoms with Gasteiger partial charge in [0.2, 0.25) is 0 Å². The number of benzene rings is 1. The Kier molecular flexibility index (Phi) is 3.09. The van der Waals surface area contributed by atoms with Crippen LogP contribution in [0.2, 0.25) is 11.1 Å². The Morgan fingerprint density at radius 1 is 1.45 bits per heavy atom. The summed E-state index contributed by atoms with van der Waals surface area (Å²) < 4.78 is 12.8. The van der Waals surface area contributed by atoms with Crippen molar-refractivity contribution in [3.63, 3.8) is 0 Å². The van der Waals surface area contributed by atoms with Gasteiger partial charge < -0.3 is 0 Å². The molecule has 0 aliphatic rings. The van der Waals surface area contributed by atoms with Crippen molar-refractivity contribution in [2.24, 2.45) is 0 Å². The lowest BCUT2D eigenvalue weighted by Crippen LogP contribution is -1.87. The van der Waals surface area contributed by atoms with Gasteiger partial charge in [0.05, 0.1) is 5.02 Å². The first-order valence-electron chi connectivity index (χ1n) is 3.33. The summed E-state index contributed by atoms with van der Waals surface area (Å²) >= 11 is 5.68. The highest BCUT2D eigenvalue weighted by atomic mass is 35.5. The van der Waals surface area contributed by atoms with E-state index in [-0.39, 0.29) is 10.8 Å². The number of rotatable bonds is 2. The molecule has 0 saturated heterocycles. The van der Waals surface area contributed by atoms with Crippen LogP contribution in [0.5, 0.6) is 0 Å². The van der Waals surface area contributed by atoms with Crippen molar-refractivity contribution in [3.05, 3.63) is 34.6 Å². The summed E-state index contributed by atoms with van der Waals surface area (Å²) in [6.45, 7) is 0. The van der Waals surface area contributed by atoms with E-state index in [4.69, 9.17) is 11.6 Å². The standard InChI is InChI=1S/C8H7ClFSi/c9-8-6(4-5-11)2-1-3-7(8)10/h1-3H,4-5H2. The van der Waals surface area contributed by atoms with Crippen LogP contribution in [0.25, 0.3) is 0 Å². The van der Waals surface area contributed by atoms with E-state index in [1.165, 1.54) is 6.07 Å². The van der Waals surface area contributed by atoms with E-state index in [0.717, 1.165) is 18.0 Å². The minimum Gasteiger partial charge on any atom is -0.205 e. The van der Waals surface area contributed by atoms with Crippen LogP contribution in [0.4, 0.5) is 4.39 Å². The molecular formula is C8H7ClFSi. The molecule has 0 bridgehead atoms. The lowest BCUT2D eigenvalue weighted by molar-refractivity contribution is 0.626. The van der Waals surface area contributed by atoms with E-state index < -0.39 is 0 Å². The van der Waals surface area contributed by atoms with Gasteiger partial charge in [0.15, 0.2) is 0 Å². The third-order valence-corrected chi connectivity index (χ3v) is 2.10. The van der Waals surface area contributed by atoms with Crippen molar-refractivity contribution in [2.45, 2.75) is 12.5 Å². The van der Waals surface area contributed by atoms with E-state index >= 15 is 0 Å². The highest BCUT2D eigenvalue weighted by Crippen LogP contribution is 2.20. The summed E-state index contributed by atoms with van der Waals surface area (Å²) in [6, 6.07) is 5.65. The second-order valence-corrected chi connectivity index (χ2v) is 3.09. The fraction of sp³-hybridized carbons (Fsp3) is 0.250. The molecule has 0 fully saturated rings. The third-order valence-electron chi connectivity index (χ3n) is 1.43. The maximum absolute atomic E-state index is 12.8. The van der Waals surface area contributed by atoms with Crippen LogP contribution >= 0.6 is 11.6 Å². The molecule has 0 spiro atoms. The predicted octanol–water partition coefficient (Wildman–Crippen LogP) is 2.61. The maximum atomic E-state index is 12.8. The summed E-state index contributed by atoms with van der Waals surface area (Å²) in [5.74, 6) is -0.343. The topological polar surface area (TPSA) is 0 Å². The average molecular weight is 186 g/mol. The van der Waals surface area contributed by atoms with Crippen molar-refractivity contribution >= 4 is 21.8 Å². The second-order valence-electron chi connectivity index (χ2n) is 2.21. The van der Waals surface area contributed by atoms with Gasteiger partial charge in [0.25, 0.3) is 0 Å². The minimum atomic E-state index is -0.343. The second kappa shape index (κ2) is 3.88. The monoisotopic (exact) mass is 185 g/mol. The first kappa shape index (κ1) is 8.75. The molecule has 0 nitrogen and oxygen atoms in total. The van der Waals surface area contributed by atoms with Crippen LogP contribution in [0.15, 0.2) is 18.2 Å².